The highest BCUT2D eigenvalue weighted by Gasteiger charge is 2.32. The van der Waals surface area contributed by atoms with Crippen LogP contribution in [0.1, 0.15) is 62.1 Å². The highest BCUT2D eigenvalue weighted by atomic mass is 79.9. The Bertz CT molecular complexity index is 874. The Morgan fingerprint density at radius 3 is 2.48 bits per heavy atom. The molecule has 0 aliphatic rings. The van der Waals surface area contributed by atoms with Crippen LogP contribution in [0.5, 0.6) is 0 Å². The molecule has 0 aliphatic heterocycles. The molecule has 2 rings (SSSR count). The summed E-state index contributed by atoms with van der Waals surface area (Å²) in [6.07, 6.45) is 4.63. The van der Waals surface area contributed by atoms with Crippen LogP contribution < -0.4 is 10.6 Å². The fraction of sp³-hybridized carbons (Fsp3) is 0.458. The molecule has 0 fully saturated rings. The van der Waals surface area contributed by atoms with Gasteiger partial charge in [0, 0.05) is 0 Å². The summed E-state index contributed by atoms with van der Waals surface area (Å²) < 4.78 is 5.66. The van der Waals surface area contributed by atoms with E-state index in [2.05, 4.69) is 33.5 Å². The van der Waals surface area contributed by atoms with Crippen molar-refractivity contribution in [1.29, 1.82) is 0 Å². The minimum atomic E-state index is -0.475. The summed E-state index contributed by atoms with van der Waals surface area (Å²) in [5.74, 6) is -1.01. The first kappa shape index (κ1) is 26.6. The van der Waals surface area contributed by atoms with Gasteiger partial charge >= 0.3 is 0 Å². The number of unbranched alkanes of at least 4 members (excludes halogenated alkanes) is 2. The lowest BCUT2D eigenvalue weighted by Crippen LogP contribution is -2.48. The van der Waals surface area contributed by atoms with Crippen LogP contribution >= 0.6 is 15.9 Å². The Hall–Kier alpha value is -2.65. The van der Waals surface area contributed by atoms with Crippen molar-refractivity contribution in [3.05, 3.63) is 58.5 Å². The molecule has 33 heavy (non-hydrogen) atoms. The third kappa shape index (κ3) is 8.66. The summed E-state index contributed by atoms with van der Waals surface area (Å²) >= 11 is 3.15. The Labute approximate surface area is 203 Å². The molecule has 2 aromatic rings. The smallest absolute Gasteiger partial charge is 0.288 e. The predicted octanol–water partition coefficient (Wildman–Crippen LogP) is 4.41. The summed E-state index contributed by atoms with van der Waals surface area (Å²) in [5, 5.41) is 6.63. The fourth-order valence-electron chi connectivity index (χ4n) is 3.55. The van der Waals surface area contributed by atoms with Crippen molar-refractivity contribution >= 4 is 34.2 Å². The number of furan rings is 1. The van der Waals surface area contributed by atoms with Gasteiger partial charge in [0.1, 0.15) is 6.61 Å². The van der Waals surface area contributed by atoms with E-state index in [1.807, 2.05) is 37.3 Å². The van der Waals surface area contributed by atoms with Crippen LogP contribution in [-0.2, 0) is 21.0 Å². The second kappa shape index (κ2) is 14.5. The molecule has 0 saturated carbocycles. The average Bonchev–Trinajstić information content (AvgIpc) is 3.27. The van der Waals surface area contributed by atoms with E-state index in [0.29, 0.717) is 23.9 Å². The monoisotopic (exact) mass is 521 g/mol. The summed E-state index contributed by atoms with van der Waals surface area (Å²) in [5.41, 5.74) is 0.929. The first-order valence-corrected chi connectivity index (χ1v) is 12.0. The number of carbonyl (C=O) groups is 3. The molecule has 1 heterocycles. The maximum absolute atomic E-state index is 13.1. The van der Waals surface area contributed by atoms with E-state index < -0.39 is 17.9 Å². The van der Waals surface area contributed by atoms with Crippen LogP contribution in [0.3, 0.4) is 0 Å². The number of hydrogen-bond acceptors (Lipinski definition) is 5. The van der Waals surface area contributed by atoms with Crippen LogP contribution in [0.15, 0.2) is 51.6 Å². The van der Waals surface area contributed by atoms with Gasteiger partial charge in [-0.3, -0.25) is 19.2 Å². The molecule has 9 heteroatoms. The number of amides is 3. The van der Waals surface area contributed by atoms with Crippen LogP contribution in [0, 0.1) is 5.92 Å². The quantitative estimate of drug-likeness (QED) is 0.156. The van der Waals surface area contributed by atoms with E-state index in [1.165, 1.54) is 11.1 Å². The highest BCUT2D eigenvalue weighted by Crippen LogP contribution is 2.22. The Morgan fingerprint density at radius 1 is 1.12 bits per heavy atom. The van der Waals surface area contributed by atoms with Gasteiger partial charge in [-0.1, -0.05) is 63.4 Å². The number of nitrogens with zero attached hydrogens (tertiary/aromatic N) is 1. The molecule has 0 aliphatic carbocycles. The molecular weight excluding hydrogens is 490 g/mol. The molecule has 1 aromatic heterocycles. The SMILES string of the molecule is CCCCCC(C(=O)NCNC(=O)c1ccc(Br)o1)[C@@H](CC)N(C=O)OCc1ccccc1. The van der Waals surface area contributed by atoms with E-state index >= 15 is 0 Å². The van der Waals surface area contributed by atoms with Gasteiger partial charge in [-0.05, 0) is 46.5 Å². The molecule has 2 N–H and O–H groups in total. The van der Waals surface area contributed by atoms with E-state index in [4.69, 9.17) is 9.25 Å². The average molecular weight is 522 g/mol. The van der Waals surface area contributed by atoms with Gasteiger partial charge in [-0.15, -0.1) is 0 Å². The molecular formula is C24H32BrN3O5. The maximum Gasteiger partial charge on any atom is 0.288 e. The lowest BCUT2D eigenvalue weighted by Gasteiger charge is -2.32. The van der Waals surface area contributed by atoms with Gasteiger partial charge in [0.2, 0.25) is 12.3 Å². The summed E-state index contributed by atoms with van der Waals surface area (Å²) in [7, 11) is 0. The van der Waals surface area contributed by atoms with E-state index in [9.17, 15) is 14.4 Å². The molecule has 1 aromatic carbocycles. The first-order chi connectivity index (χ1) is 16.0. The fourth-order valence-corrected chi connectivity index (χ4v) is 3.85. The number of nitrogens with one attached hydrogen (secondary N) is 2. The maximum atomic E-state index is 13.1. The van der Waals surface area contributed by atoms with E-state index in [-0.39, 0.29) is 24.9 Å². The zero-order chi connectivity index (χ0) is 24.1. The molecule has 180 valence electrons. The third-order valence-electron chi connectivity index (χ3n) is 5.30. The molecule has 0 saturated heterocycles. The second-order valence-corrected chi connectivity index (χ2v) is 8.41. The summed E-state index contributed by atoms with van der Waals surface area (Å²) in [6.45, 7) is 4.19. The summed E-state index contributed by atoms with van der Waals surface area (Å²) in [6, 6.07) is 12.3. The van der Waals surface area contributed by atoms with Crippen LogP contribution in [0.25, 0.3) is 0 Å². The summed E-state index contributed by atoms with van der Waals surface area (Å²) in [4.78, 5) is 42.8. The number of carbonyl (C=O) groups excluding carboxylic acids is 3. The van der Waals surface area contributed by atoms with Crippen molar-refractivity contribution in [3.63, 3.8) is 0 Å². The van der Waals surface area contributed by atoms with Gasteiger partial charge < -0.3 is 15.1 Å². The zero-order valence-electron chi connectivity index (χ0n) is 19.1. The largest absolute Gasteiger partial charge is 0.444 e. The van der Waals surface area contributed by atoms with Crippen molar-refractivity contribution in [1.82, 2.24) is 15.7 Å². The normalized spacial score (nSPS) is 12.6. The number of rotatable bonds is 15. The van der Waals surface area contributed by atoms with Gasteiger partial charge in [-0.25, -0.2) is 5.06 Å². The predicted molar refractivity (Wildman–Crippen MR) is 128 cm³/mol. The van der Waals surface area contributed by atoms with Crippen molar-refractivity contribution in [3.8, 4) is 0 Å². The van der Waals surface area contributed by atoms with Crippen molar-refractivity contribution < 1.29 is 23.6 Å². The zero-order valence-corrected chi connectivity index (χ0v) is 20.7. The van der Waals surface area contributed by atoms with Crippen LogP contribution in [0.4, 0.5) is 0 Å². The first-order valence-electron chi connectivity index (χ1n) is 11.2. The lowest BCUT2D eigenvalue weighted by molar-refractivity contribution is -0.200. The molecule has 8 nitrogen and oxygen atoms in total. The second-order valence-electron chi connectivity index (χ2n) is 7.63. The van der Waals surface area contributed by atoms with Gasteiger partial charge in [0.05, 0.1) is 18.6 Å². The number of hydrogen-bond donors (Lipinski definition) is 2. The molecule has 1 unspecified atom stereocenters. The van der Waals surface area contributed by atoms with E-state index in [1.54, 1.807) is 6.07 Å². The molecule has 0 spiro atoms. The van der Waals surface area contributed by atoms with E-state index in [0.717, 1.165) is 24.8 Å². The highest BCUT2D eigenvalue weighted by molar-refractivity contribution is 9.10. The molecule has 2 atom stereocenters. The van der Waals surface area contributed by atoms with Gasteiger partial charge in [-0.2, -0.15) is 0 Å². The Kier molecular flexibility index (Phi) is 11.7. The van der Waals surface area contributed by atoms with Crippen LogP contribution in [-0.4, -0.2) is 36.0 Å². The van der Waals surface area contributed by atoms with Crippen molar-refractivity contribution in [2.75, 3.05) is 6.67 Å². The standard InChI is InChI=1S/C24H32BrN3O5/c1-3-5-7-12-19(23(30)26-16-27-24(31)21-13-14-22(25)33-21)20(4-2)28(17-29)32-15-18-10-8-6-9-11-18/h6,8-11,13-14,17,19-20H,3-5,7,12,15-16H2,1-2H3,(H,26,30)(H,27,31)/t19?,20-/m1/s1. The number of hydroxylamine groups is 2. The number of halogens is 1. The minimum Gasteiger partial charge on any atom is -0.444 e. The Balaban J connectivity index is 2.00. The van der Waals surface area contributed by atoms with Gasteiger partial charge in [0.15, 0.2) is 10.4 Å². The van der Waals surface area contributed by atoms with Gasteiger partial charge in [0.25, 0.3) is 5.91 Å². The third-order valence-corrected chi connectivity index (χ3v) is 5.73. The Morgan fingerprint density at radius 2 is 1.88 bits per heavy atom. The van der Waals surface area contributed by atoms with Crippen molar-refractivity contribution in [2.24, 2.45) is 5.92 Å². The lowest BCUT2D eigenvalue weighted by atomic mass is 9.90. The molecule has 0 bridgehead atoms. The minimum absolute atomic E-state index is 0.0529. The molecule has 0 radical (unpaired) electrons. The number of benzene rings is 1. The molecule has 3 amide bonds. The van der Waals surface area contributed by atoms with Crippen molar-refractivity contribution in [2.45, 2.75) is 58.6 Å². The van der Waals surface area contributed by atoms with Crippen LogP contribution in [0.2, 0.25) is 0 Å². The topological polar surface area (TPSA) is 101 Å².